The van der Waals surface area contributed by atoms with Gasteiger partial charge in [-0.3, -0.25) is 4.99 Å². The highest BCUT2D eigenvalue weighted by Gasteiger charge is 2.20. The maximum absolute atomic E-state index is 5.59. The lowest BCUT2D eigenvalue weighted by molar-refractivity contribution is 0.123. The Morgan fingerprint density at radius 1 is 1.45 bits per heavy atom. The summed E-state index contributed by atoms with van der Waals surface area (Å²) in [4.78, 5) is 4.20. The summed E-state index contributed by atoms with van der Waals surface area (Å²) in [6.07, 6.45) is 3.74. The van der Waals surface area contributed by atoms with Crippen LogP contribution in [0.2, 0.25) is 0 Å². The zero-order valence-corrected chi connectivity index (χ0v) is 15.1. The van der Waals surface area contributed by atoms with Gasteiger partial charge in [0.2, 0.25) is 0 Å². The molecule has 1 aromatic heterocycles. The average molecular weight is 409 g/mol. The summed E-state index contributed by atoms with van der Waals surface area (Å²) in [6.45, 7) is 3.51. The van der Waals surface area contributed by atoms with E-state index >= 15 is 0 Å². The summed E-state index contributed by atoms with van der Waals surface area (Å²) in [5, 5.41) is 10.8. The van der Waals surface area contributed by atoms with Gasteiger partial charge in [0.05, 0.1) is 0 Å². The molecule has 0 unspecified atom stereocenters. The van der Waals surface area contributed by atoms with Crippen LogP contribution in [0.4, 0.5) is 0 Å². The van der Waals surface area contributed by atoms with Crippen LogP contribution in [0.15, 0.2) is 21.8 Å². The smallest absolute Gasteiger partial charge is 0.191 e. The fraction of sp³-hybridized carbons (Fsp3) is 0.643. The van der Waals surface area contributed by atoms with Gasteiger partial charge in [-0.2, -0.15) is 11.3 Å². The Hall–Kier alpha value is -0.340. The van der Waals surface area contributed by atoms with Crippen molar-refractivity contribution in [1.29, 1.82) is 0 Å². The molecule has 1 heterocycles. The Labute approximate surface area is 142 Å². The quantitative estimate of drug-likeness (QED) is 0.301. The van der Waals surface area contributed by atoms with E-state index in [1.807, 2.05) is 0 Å². The lowest BCUT2D eigenvalue weighted by atomic mass is 10.3. The number of halogens is 1. The molecule has 1 aliphatic carbocycles. The lowest BCUT2D eigenvalue weighted by Gasteiger charge is -2.11. The molecule has 0 atom stereocenters. The summed E-state index contributed by atoms with van der Waals surface area (Å²) in [6, 6.07) is 2.12. The van der Waals surface area contributed by atoms with Crippen LogP contribution in [0, 0.1) is 5.92 Å². The molecule has 2 N–H and O–H groups in total. The summed E-state index contributed by atoms with van der Waals surface area (Å²) in [7, 11) is 1.80. The molecule has 0 amide bonds. The Balaban J connectivity index is 0.00000200. The molecule has 0 bridgehead atoms. The van der Waals surface area contributed by atoms with Gasteiger partial charge in [-0.1, -0.05) is 0 Å². The molecule has 1 aliphatic rings. The predicted octanol–water partition coefficient (Wildman–Crippen LogP) is 2.85. The Morgan fingerprint density at radius 3 is 2.95 bits per heavy atom. The molecular formula is C14H24IN3OS. The van der Waals surface area contributed by atoms with Gasteiger partial charge in [-0.05, 0) is 47.6 Å². The molecule has 0 saturated heterocycles. The van der Waals surface area contributed by atoms with Crippen LogP contribution < -0.4 is 10.6 Å². The summed E-state index contributed by atoms with van der Waals surface area (Å²) < 4.78 is 5.59. The number of guanidine groups is 1. The zero-order chi connectivity index (χ0) is 13.3. The minimum absolute atomic E-state index is 0. The number of nitrogens with zero attached hydrogens (tertiary/aromatic N) is 1. The maximum atomic E-state index is 5.59. The highest BCUT2D eigenvalue weighted by molar-refractivity contribution is 14.0. The van der Waals surface area contributed by atoms with Crippen molar-refractivity contribution in [2.45, 2.75) is 25.8 Å². The number of thiophene rings is 1. The maximum Gasteiger partial charge on any atom is 0.191 e. The van der Waals surface area contributed by atoms with E-state index in [0.717, 1.165) is 44.6 Å². The van der Waals surface area contributed by atoms with Gasteiger partial charge in [0.25, 0.3) is 0 Å². The first-order chi connectivity index (χ1) is 9.38. The molecule has 0 radical (unpaired) electrons. The van der Waals surface area contributed by atoms with E-state index in [9.17, 15) is 0 Å². The van der Waals surface area contributed by atoms with Gasteiger partial charge >= 0.3 is 0 Å². The molecule has 0 spiro atoms. The monoisotopic (exact) mass is 409 g/mol. The van der Waals surface area contributed by atoms with Gasteiger partial charge in [0.1, 0.15) is 0 Å². The van der Waals surface area contributed by atoms with Gasteiger partial charge in [-0.25, -0.2) is 0 Å². The van der Waals surface area contributed by atoms with Gasteiger partial charge < -0.3 is 15.4 Å². The third kappa shape index (κ3) is 7.44. The zero-order valence-electron chi connectivity index (χ0n) is 11.9. The molecule has 4 nitrogen and oxygen atoms in total. The average Bonchev–Trinajstić information content (AvgIpc) is 3.11. The first kappa shape index (κ1) is 17.7. The summed E-state index contributed by atoms with van der Waals surface area (Å²) >= 11 is 1.72. The summed E-state index contributed by atoms with van der Waals surface area (Å²) in [5.41, 5.74) is 1.29. The van der Waals surface area contributed by atoms with Gasteiger partial charge in [0, 0.05) is 33.4 Å². The molecule has 1 saturated carbocycles. The van der Waals surface area contributed by atoms with Crippen LogP contribution in [-0.4, -0.2) is 32.8 Å². The van der Waals surface area contributed by atoms with Crippen molar-refractivity contribution in [2.75, 3.05) is 26.8 Å². The third-order valence-electron chi connectivity index (χ3n) is 3.07. The first-order valence-corrected chi connectivity index (χ1v) is 7.86. The van der Waals surface area contributed by atoms with Crippen molar-refractivity contribution in [1.82, 2.24) is 10.6 Å². The van der Waals surface area contributed by atoms with Crippen molar-refractivity contribution in [2.24, 2.45) is 10.9 Å². The lowest BCUT2D eigenvalue weighted by Crippen LogP contribution is -2.37. The van der Waals surface area contributed by atoms with E-state index in [2.05, 4.69) is 32.5 Å². The van der Waals surface area contributed by atoms with Crippen molar-refractivity contribution >= 4 is 41.3 Å². The van der Waals surface area contributed by atoms with E-state index < -0.39 is 0 Å². The molecular weight excluding hydrogens is 385 g/mol. The Morgan fingerprint density at radius 2 is 2.30 bits per heavy atom. The highest BCUT2D eigenvalue weighted by Crippen LogP contribution is 2.28. The van der Waals surface area contributed by atoms with Crippen molar-refractivity contribution < 1.29 is 4.74 Å². The first-order valence-electron chi connectivity index (χ1n) is 6.92. The topological polar surface area (TPSA) is 45.7 Å². The number of rotatable bonds is 8. The number of ether oxygens (including phenoxy) is 1. The van der Waals surface area contributed by atoms with E-state index in [4.69, 9.17) is 4.74 Å². The van der Waals surface area contributed by atoms with Crippen LogP contribution in [-0.2, 0) is 11.3 Å². The van der Waals surface area contributed by atoms with Crippen molar-refractivity contribution in [3.8, 4) is 0 Å². The molecule has 6 heteroatoms. The minimum Gasteiger partial charge on any atom is -0.381 e. The largest absolute Gasteiger partial charge is 0.381 e. The second-order valence-corrected chi connectivity index (χ2v) is 5.64. The number of nitrogens with one attached hydrogen (secondary N) is 2. The second-order valence-electron chi connectivity index (χ2n) is 4.86. The summed E-state index contributed by atoms with van der Waals surface area (Å²) in [5.74, 6) is 1.71. The van der Waals surface area contributed by atoms with Gasteiger partial charge in [0.15, 0.2) is 5.96 Å². The number of hydrogen-bond donors (Lipinski definition) is 2. The molecule has 1 aromatic rings. The van der Waals surface area contributed by atoms with Gasteiger partial charge in [-0.15, -0.1) is 24.0 Å². The fourth-order valence-electron chi connectivity index (χ4n) is 1.72. The van der Waals surface area contributed by atoms with Crippen LogP contribution >= 0.6 is 35.3 Å². The van der Waals surface area contributed by atoms with Crippen molar-refractivity contribution in [3.05, 3.63) is 22.4 Å². The fourth-order valence-corrected chi connectivity index (χ4v) is 2.38. The third-order valence-corrected chi connectivity index (χ3v) is 3.80. The number of aliphatic imine (C=N–C) groups is 1. The molecule has 0 aromatic carbocycles. The highest BCUT2D eigenvalue weighted by atomic mass is 127. The Kier molecular flexibility index (Phi) is 9.21. The molecule has 1 fully saturated rings. The molecule has 20 heavy (non-hydrogen) atoms. The SMILES string of the molecule is CN=C(NCCCOCC1CC1)NCc1ccsc1.I. The molecule has 2 rings (SSSR count). The van der Waals surface area contributed by atoms with Crippen LogP contribution in [0.3, 0.4) is 0 Å². The minimum atomic E-state index is 0. The standard InChI is InChI=1S/C14H23N3OS.HI/c1-15-14(17-9-13-5-8-19-11-13)16-6-2-7-18-10-12-3-4-12;/h5,8,11-12H,2-4,6-7,9-10H2,1H3,(H2,15,16,17);1H. The van der Waals surface area contributed by atoms with Crippen LogP contribution in [0.5, 0.6) is 0 Å². The van der Waals surface area contributed by atoms with Crippen LogP contribution in [0.1, 0.15) is 24.8 Å². The second kappa shape index (κ2) is 10.4. The normalized spacial score (nSPS) is 14.8. The van der Waals surface area contributed by atoms with E-state index in [1.54, 1.807) is 18.4 Å². The molecule has 0 aliphatic heterocycles. The number of hydrogen-bond acceptors (Lipinski definition) is 3. The van der Waals surface area contributed by atoms with E-state index in [1.165, 1.54) is 18.4 Å². The molecule has 114 valence electrons. The van der Waals surface area contributed by atoms with Crippen LogP contribution in [0.25, 0.3) is 0 Å². The predicted molar refractivity (Wildman–Crippen MR) is 96.1 cm³/mol. The Bertz CT molecular complexity index is 380. The van der Waals surface area contributed by atoms with E-state index in [0.29, 0.717) is 0 Å². The van der Waals surface area contributed by atoms with Crippen molar-refractivity contribution in [3.63, 3.8) is 0 Å². The van der Waals surface area contributed by atoms with E-state index in [-0.39, 0.29) is 24.0 Å².